The molecule has 7 heteroatoms. The number of anilines is 1. The smallest absolute Gasteiger partial charge is 0.237 e. The van der Waals surface area contributed by atoms with Crippen LogP contribution in [0.3, 0.4) is 0 Å². The Labute approximate surface area is 169 Å². The molecule has 1 saturated carbocycles. The molecule has 1 aromatic rings. The minimum Gasteiger partial charge on any atom is -0.357 e. The van der Waals surface area contributed by atoms with Gasteiger partial charge in [0, 0.05) is 26.2 Å². The second-order valence-electron chi connectivity index (χ2n) is 8.21. The van der Waals surface area contributed by atoms with Crippen LogP contribution in [0.15, 0.2) is 29.3 Å². The standard InChI is InChI=1S/C21H32N4O2S/c1-2-22-21(24-15-18-8-3-4-9-19(18)16-24)23-12-14-28(26,27)25-13-11-17-7-5-6-10-20(17)25/h5-7,10,18-19H,2-4,8-9,11-16H2,1H3,(H,22,23). The van der Waals surface area contributed by atoms with Gasteiger partial charge >= 0.3 is 0 Å². The third-order valence-electron chi connectivity index (χ3n) is 6.40. The van der Waals surface area contributed by atoms with Crippen molar-refractivity contribution in [2.24, 2.45) is 16.8 Å². The zero-order valence-electron chi connectivity index (χ0n) is 16.8. The summed E-state index contributed by atoms with van der Waals surface area (Å²) in [6.45, 7) is 5.83. The molecule has 4 rings (SSSR count). The van der Waals surface area contributed by atoms with E-state index in [-0.39, 0.29) is 5.75 Å². The molecule has 154 valence electrons. The minimum atomic E-state index is -3.35. The van der Waals surface area contributed by atoms with Crippen molar-refractivity contribution in [3.05, 3.63) is 29.8 Å². The molecular weight excluding hydrogens is 372 g/mol. The number of nitrogens with one attached hydrogen (secondary N) is 1. The van der Waals surface area contributed by atoms with Crippen LogP contribution in [0.4, 0.5) is 5.69 Å². The zero-order chi connectivity index (χ0) is 19.6. The summed E-state index contributed by atoms with van der Waals surface area (Å²) in [6, 6.07) is 7.79. The molecule has 2 aliphatic heterocycles. The fourth-order valence-electron chi connectivity index (χ4n) is 4.98. The SMILES string of the molecule is CCNC(=NCCS(=O)(=O)N1CCc2ccccc21)N1CC2CCCCC2C1. The summed E-state index contributed by atoms with van der Waals surface area (Å²) in [6.07, 6.45) is 6.13. The van der Waals surface area contributed by atoms with Crippen LogP contribution in [0, 0.1) is 11.8 Å². The van der Waals surface area contributed by atoms with E-state index in [9.17, 15) is 8.42 Å². The van der Waals surface area contributed by atoms with E-state index in [1.54, 1.807) is 4.31 Å². The fourth-order valence-corrected chi connectivity index (χ4v) is 6.37. The summed E-state index contributed by atoms with van der Waals surface area (Å²) in [5.41, 5.74) is 1.95. The van der Waals surface area contributed by atoms with Crippen LogP contribution in [-0.4, -0.2) is 57.8 Å². The van der Waals surface area contributed by atoms with Crippen LogP contribution >= 0.6 is 0 Å². The number of guanidine groups is 1. The van der Waals surface area contributed by atoms with Crippen molar-refractivity contribution in [1.82, 2.24) is 10.2 Å². The van der Waals surface area contributed by atoms with Gasteiger partial charge in [0.25, 0.3) is 0 Å². The number of aliphatic imine (C=N–C) groups is 1. The van der Waals surface area contributed by atoms with Crippen LogP contribution in [0.5, 0.6) is 0 Å². The predicted octanol–water partition coefficient (Wildman–Crippen LogP) is 2.47. The van der Waals surface area contributed by atoms with E-state index in [1.807, 2.05) is 24.3 Å². The first-order valence-electron chi connectivity index (χ1n) is 10.7. The third kappa shape index (κ3) is 4.00. The molecule has 2 heterocycles. The van der Waals surface area contributed by atoms with Crippen molar-refractivity contribution < 1.29 is 8.42 Å². The van der Waals surface area contributed by atoms with E-state index < -0.39 is 10.0 Å². The highest BCUT2D eigenvalue weighted by atomic mass is 32.2. The lowest BCUT2D eigenvalue weighted by molar-refractivity contribution is 0.299. The first-order chi connectivity index (χ1) is 13.6. The van der Waals surface area contributed by atoms with Crippen molar-refractivity contribution in [2.75, 3.05) is 42.8 Å². The number of likely N-dealkylation sites (tertiary alicyclic amines) is 1. The molecule has 28 heavy (non-hydrogen) atoms. The number of para-hydroxylation sites is 1. The van der Waals surface area contributed by atoms with Gasteiger partial charge in [-0.3, -0.25) is 9.30 Å². The van der Waals surface area contributed by atoms with E-state index >= 15 is 0 Å². The van der Waals surface area contributed by atoms with Crippen molar-refractivity contribution in [3.63, 3.8) is 0 Å². The number of hydrogen-bond donors (Lipinski definition) is 1. The highest BCUT2D eigenvalue weighted by Gasteiger charge is 2.35. The monoisotopic (exact) mass is 404 g/mol. The van der Waals surface area contributed by atoms with Gasteiger partial charge in [0.2, 0.25) is 10.0 Å². The van der Waals surface area contributed by atoms with Gasteiger partial charge in [-0.15, -0.1) is 0 Å². The van der Waals surface area contributed by atoms with Crippen LogP contribution in [0.25, 0.3) is 0 Å². The molecule has 2 fully saturated rings. The highest BCUT2D eigenvalue weighted by molar-refractivity contribution is 7.92. The van der Waals surface area contributed by atoms with Gasteiger partial charge < -0.3 is 10.2 Å². The molecule has 0 radical (unpaired) electrons. The summed E-state index contributed by atoms with van der Waals surface area (Å²) >= 11 is 0. The molecule has 2 unspecified atom stereocenters. The van der Waals surface area contributed by atoms with Gasteiger partial charge in [-0.25, -0.2) is 8.42 Å². The third-order valence-corrected chi connectivity index (χ3v) is 8.15. The summed E-state index contributed by atoms with van der Waals surface area (Å²) < 4.78 is 27.3. The quantitative estimate of drug-likeness (QED) is 0.605. The van der Waals surface area contributed by atoms with Gasteiger partial charge in [0.1, 0.15) is 0 Å². The van der Waals surface area contributed by atoms with Gasteiger partial charge in [-0.1, -0.05) is 31.0 Å². The molecule has 0 aromatic heterocycles. The maximum Gasteiger partial charge on any atom is 0.237 e. The van der Waals surface area contributed by atoms with Crippen LogP contribution in [-0.2, 0) is 16.4 Å². The average Bonchev–Trinajstić information content (AvgIpc) is 3.31. The first-order valence-corrected chi connectivity index (χ1v) is 12.3. The molecule has 1 N–H and O–H groups in total. The summed E-state index contributed by atoms with van der Waals surface area (Å²) in [4.78, 5) is 7.04. The molecule has 0 spiro atoms. The van der Waals surface area contributed by atoms with Crippen molar-refractivity contribution in [1.29, 1.82) is 0 Å². The Balaban J connectivity index is 1.40. The minimum absolute atomic E-state index is 0.0525. The summed E-state index contributed by atoms with van der Waals surface area (Å²) in [5.74, 6) is 2.50. The van der Waals surface area contributed by atoms with Crippen molar-refractivity contribution in [2.45, 2.75) is 39.0 Å². The van der Waals surface area contributed by atoms with Crippen molar-refractivity contribution in [3.8, 4) is 0 Å². The maximum atomic E-state index is 12.9. The Morgan fingerprint density at radius 2 is 1.89 bits per heavy atom. The Kier molecular flexibility index (Phi) is 5.80. The molecule has 1 aromatic carbocycles. The molecular formula is C21H32N4O2S. The van der Waals surface area contributed by atoms with Gasteiger partial charge in [0.05, 0.1) is 18.0 Å². The van der Waals surface area contributed by atoms with E-state index in [0.29, 0.717) is 13.1 Å². The Hall–Kier alpha value is -1.76. The average molecular weight is 405 g/mol. The lowest BCUT2D eigenvalue weighted by Crippen LogP contribution is -2.41. The molecule has 1 saturated heterocycles. The van der Waals surface area contributed by atoms with E-state index in [4.69, 9.17) is 4.99 Å². The molecule has 1 aliphatic carbocycles. The van der Waals surface area contributed by atoms with E-state index in [1.165, 1.54) is 25.7 Å². The van der Waals surface area contributed by atoms with Crippen LogP contribution < -0.4 is 9.62 Å². The first kappa shape index (κ1) is 19.6. The number of hydrogen-bond acceptors (Lipinski definition) is 3. The number of rotatable bonds is 5. The Morgan fingerprint density at radius 3 is 2.61 bits per heavy atom. The topological polar surface area (TPSA) is 65.0 Å². The van der Waals surface area contributed by atoms with Crippen LogP contribution in [0.1, 0.15) is 38.2 Å². The lowest BCUT2D eigenvalue weighted by atomic mass is 9.82. The molecule has 3 aliphatic rings. The summed E-state index contributed by atoms with van der Waals surface area (Å²) in [7, 11) is -3.35. The lowest BCUT2D eigenvalue weighted by Gasteiger charge is -2.22. The Bertz CT molecular complexity index is 809. The van der Waals surface area contributed by atoms with Gasteiger partial charge in [-0.2, -0.15) is 0 Å². The zero-order valence-corrected chi connectivity index (χ0v) is 17.6. The number of benzene rings is 1. The normalized spacial score (nSPS) is 25.0. The largest absolute Gasteiger partial charge is 0.357 e. The molecule has 0 bridgehead atoms. The number of sulfonamides is 1. The summed E-state index contributed by atoms with van der Waals surface area (Å²) in [5, 5.41) is 3.37. The molecule has 0 amide bonds. The van der Waals surface area contributed by atoms with Crippen molar-refractivity contribution >= 4 is 21.7 Å². The van der Waals surface area contributed by atoms with Crippen LogP contribution in [0.2, 0.25) is 0 Å². The maximum absolute atomic E-state index is 12.9. The fraction of sp³-hybridized carbons (Fsp3) is 0.667. The highest BCUT2D eigenvalue weighted by Crippen LogP contribution is 2.36. The number of nitrogens with zero attached hydrogens (tertiary/aromatic N) is 3. The van der Waals surface area contributed by atoms with Gasteiger partial charge in [-0.05, 0) is 49.7 Å². The molecule has 6 nitrogen and oxygen atoms in total. The molecule has 2 atom stereocenters. The van der Waals surface area contributed by atoms with E-state index in [0.717, 1.165) is 55.1 Å². The predicted molar refractivity (Wildman–Crippen MR) is 114 cm³/mol. The second kappa shape index (κ2) is 8.31. The second-order valence-corrected chi connectivity index (χ2v) is 10.2. The Morgan fingerprint density at radius 1 is 1.18 bits per heavy atom. The number of fused-ring (bicyclic) bond motifs is 2. The van der Waals surface area contributed by atoms with Gasteiger partial charge in [0.15, 0.2) is 5.96 Å². The van der Waals surface area contributed by atoms with E-state index in [2.05, 4.69) is 17.1 Å².